The van der Waals surface area contributed by atoms with Crippen molar-refractivity contribution in [1.29, 1.82) is 5.26 Å². The molecule has 1 aliphatic rings. The standard InChI is InChI=1S/C24H32N8O/c1-6-21(33)27-20-14-18(32-12-10-31(7-2)11-13-32)8-9-19(20)28-23-26-16-17(15-25)22(29-23)30-24(3,4)5/h6,8-9,14,16H,1,7,10-13H2,2-5H3,(H,27,33)(H2,26,28,29,30). The smallest absolute Gasteiger partial charge is 0.247 e. The van der Waals surface area contributed by atoms with Gasteiger partial charge < -0.3 is 25.8 Å². The molecule has 0 unspecified atom stereocenters. The van der Waals surface area contributed by atoms with Crippen LogP contribution in [0.2, 0.25) is 0 Å². The third-order valence-corrected chi connectivity index (χ3v) is 5.28. The SMILES string of the molecule is C=CC(=O)Nc1cc(N2CCN(CC)CC2)ccc1Nc1ncc(C#N)c(NC(C)(C)C)n1. The quantitative estimate of drug-likeness (QED) is 0.552. The van der Waals surface area contributed by atoms with E-state index in [-0.39, 0.29) is 11.4 Å². The van der Waals surface area contributed by atoms with Gasteiger partial charge in [-0.1, -0.05) is 13.5 Å². The number of rotatable bonds is 7. The number of benzene rings is 1. The number of nitriles is 1. The summed E-state index contributed by atoms with van der Waals surface area (Å²) in [5.74, 6) is 0.464. The molecular weight excluding hydrogens is 416 g/mol. The third-order valence-electron chi connectivity index (χ3n) is 5.28. The van der Waals surface area contributed by atoms with Crippen LogP contribution in [-0.2, 0) is 4.79 Å². The number of anilines is 5. The highest BCUT2D eigenvalue weighted by molar-refractivity contribution is 6.01. The van der Waals surface area contributed by atoms with Gasteiger partial charge in [0.15, 0.2) is 0 Å². The number of hydrogen-bond donors (Lipinski definition) is 3. The van der Waals surface area contributed by atoms with Crippen molar-refractivity contribution in [3.05, 3.63) is 42.6 Å². The van der Waals surface area contributed by atoms with Gasteiger partial charge in [-0.25, -0.2) is 4.98 Å². The fraction of sp³-hybridized carbons (Fsp3) is 0.417. The van der Waals surface area contributed by atoms with Crippen molar-refractivity contribution in [3.8, 4) is 6.07 Å². The minimum Gasteiger partial charge on any atom is -0.369 e. The van der Waals surface area contributed by atoms with E-state index in [4.69, 9.17) is 0 Å². The molecule has 0 atom stereocenters. The van der Waals surface area contributed by atoms with E-state index < -0.39 is 0 Å². The molecule has 1 aromatic heterocycles. The van der Waals surface area contributed by atoms with Crippen LogP contribution in [0.3, 0.4) is 0 Å². The number of amides is 1. The maximum atomic E-state index is 12.1. The van der Waals surface area contributed by atoms with Gasteiger partial charge in [0.05, 0.1) is 17.6 Å². The van der Waals surface area contributed by atoms with Crippen LogP contribution in [0.15, 0.2) is 37.1 Å². The number of piperazine rings is 1. The molecule has 1 amide bonds. The molecule has 1 aromatic carbocycles. The monoisotopic (exact) mass is 448 g/mol. The van der Waals surface area contributed by atoms with Crippen LogP contribution < -0.4 is 20.9 Å². The first-order chi connectivity index (χ1) is 15.7. The molecule has 174 valence electrons. The molecule has 1 aliphatic heterocycles. The number of nitrogens with one attached hydrogen (secondary N) is 3. The number of carbonyl (C=O) groups excluding carboxylic acids is 1. The number of hydrogen-bond acceptors (Lipinski definition) is 8. The molecule has 2 heterocycles. The second kappa shape index (κ2) is 10.3. The second-order valence-electron chi connectivity index (χ2n) is 8.91. The summed E-state index contributed by atoms with van der Waals surface area (Å²) in [6, 6.07) is 7.98. The van der Waals surface area contributed by atoms with Crippen molar-refractivity contribution in [3.63, 3.8) is 0 Å². The average Bonchev–Trinajstić information content (AvgIpc) is 2.79. The zero-order valence-electron chi connectivity index (χ0n) is 19.8. The maximum Gasteiger partial charge on any atom is 0.247 e. The first-order valence-electron chi connectivity index (χ1n) is 11.1. The first-order valence-corrected chi connectivity index (χ1v) is 11.1. The van der Waals surface area contributed by atoms with Crippen molar-refractivity contribution >= 4 is 34.7 Å². The van der Waals surface area contributed by atoms with Gasteiger partial charge in [-0.3, -0.25) is 4.79 Å². The van der Waals surface area contributed by atoms with Crippen LogP contribution in [-0.4, -0.2) is 59.0 Å². The van der Waals surface area contributed by atoms with E-state index in [1.165, 1.54) is 12.3 Å². The van der Waals surface area contributed by atoms with E-state index in [1.54, 1.807) is 0 Å². The van der Waals surface area contributed by atoms with Crippen LogP contribution in [0.5, 0.6) is 0 Å². The fourth-order valence-corrected chi connectivity index (χ4v) is 3.54. The summed E-state index contributed by atoms with van der Waals surface area (Å²) in [5, 5.41) is 18.7. The van der Waals surface area contributed by atoms with Gasteiger partial charge in [-0.2, -0.15) is 10.2 Å². The summed E-state index contributed by atoms with van der Waals surface area (Å²) in [7, 11) is 0. The number of carbonyl (C=O) groups is 1. The Morgan fingerprint density at radius 2 is 1.97 bits per heavy atom. The van der Waals surface area contributed by atoms with E-state index in [0.29, 0.717) is 28.7 Å². The lowest BCUT2D eigenvalue weighted by Gasteiger charge is -2.35. The van der Waals surface area contributed by atoms with Gasteiger partial charge in [-0.05, 0) is 51.6 Å². The molecule has 3 N–H and O–H groups in total. The molecule has 0 aliphatic carbocycles. The number of likely N-dealkylation sites (N-methyl/N-ethyl adjacent to an activating group) is 1. The zero-order valence-corrected chi connectivity index (χ0v) is 19.8. The molecular formula is C24H32N8O. The molecule has 1 fully saturated rings. The predicted octanol–water partition coefficient (Wildman–Crippen LogP) is 3.57. The number of nitrogens with zero attached hydrogens (tertiary/aromatic N) is 5. The van der Waals surface area contributed by atoms with E-state index in [0.717, 1.165) is 38.4 Å². The van der Waals surface area contributed by atoms with Crippen LogP contribution in [0.25, 0.3) is 0 Å². The Labute approximate surface area is 195 Å². The van der Waals surface area contributed by atoms with Gasteiger partial charge in [0, 0.05) is 37.4 Å². The molecule has 33 heavy (non-hydrogen) atoms. The Morgan fingerprint density at radius 1 is 1.24 bits per heavy atom. The highest BCUT2D eigenvalue weighted by Crippen LogP contribution is 2.31. The lowest BCUT2D eigenvalue weighted by atomic mass is 10.1. The van der Waals surface area contributed by atoms with Gasteiger partial charge in [-0.15, -0.1) is 0 Å². The predicted molar refractivity (Wildman–Crippen MR) is 133 cm³/mol. The van der Waals surface area contributed by atoms with Crippen molar-refractivity contribution in [2.45, 2.75) is 33.2 Å². The van der Waals surface area contributed by atoms with Gasteiger partial charge in [0.1, 0.15) is 17.5 Å². The Morgan fingerprint density at radius 3 is 2.58 bits per heavy atom. The molecule has 0 spiro atoms. The third kappa shape index (κ3) is 6.43. The summed E-state index contributed by atoms with van der Waals surface area (Å²) in [6.07, 6.45) is 2.72. The molecule has 2 aromatic rings. The second-order valence-corrected chi connectivity index (χ2v) is 8.91. The topological polar surface area (TPSA) is 109 Å². The normalized spacial score (nSPS) is 14.3. The number of aromatic nitrogens is 2. The molecule has 3 rings (SSSR count). The minimum absolute atomic E-state index is 0.274. The summed E-state index contributed by atoms with van der Waals surface area (Å²) in [5.41, 5.74) is 2.37. The largest absolute Gasteiger partial charge is 0.369 e. The van der Waals surface area contributed by atoms with Crippen LogP contribution in [0.4, 0.5) is 28.8 Å². The van der Waals surface area contributed by atoms with Crippen molar-refractivity contribution in [2.75, 3.05) is 53.6 Å². The maximum absolute atomic E-state index is 12.1. The highest BCUT2D eigenvalue weighted by Gasteiger charge is 2.19. The van der Waals surface area contributed by atoms with E-state index >= 15 is 0 Å². The van der Waals surface area contributed by atoms with Crippen molar-refractivity contribution in [2.24, 2.45) is 0 Å². The van der Waals surface area contributed by atoms with Crippen molar-refractivity contribution in [1.82, 2.24) is 14.9 Å². The molecule has 9 nitrogen and oxygen atoms in total. The summed E-state index contributed by atoms with van der Waals surface area (Å²) in [6.45, 7) is 16.6. The minimum atomic E-state index is -0.304. The van der Waals surface area contributed by atoms with Crippen LogP contribution in [0.1, 0.15) is 33.3 Å². The summed E-state index contributed by atoms with van der Waals surface area (Å²) >= 11 is 0. The van der Waals surface area contributed by atoms with Crippen LogP contribution in [0, 0.1) is 11.3 Å². The summed E-state index contributed by atoms with van der Waals surface area (Å²) in [4.78, 5) is 25.6. The highest BCUT2D eigenvalue weighted by atomic mass is 16.1. The van der Waals surface area contributed by atoms with E-state index in [2.05, 4.69) is 55.3 Å². The van der Waals surface area contributed by atoms with E-state index in [1.807, 2.05) is 39.0 Å². The molecule has 9 heteroatoms. The average molecular weight is 449 g/mol. The van der Waals surface area contributed by atoms with E-state index in [9.17, 15) is 10.1 Å². The van der Waals surface area contributed by atoms with Gasteiger partial charge >= 0.3 is 0 Å². The van der Waals surface area contributed by atoms with Crippen LogP contribution >= 0.6 is 0 Å². The Bertz CT molecular complexity index is 1050. The zero-order chi connectivity index (χ0) is 24.0. The Hall–Kier alpha value is -3.64. The first kappa shape index (κ1) is 24.0. The van der Waals surface area contributed by atoms with Gasteiger partial charge in [0.2, 0.25) is 11.9 Å². The Balaban J connectivity index is 1.89. The molecule has 0 saturated carbocycles. The Kier molecular flexibility index (Phi) is 7.51. The molecule has 0 radical (unpaired) electrons. The molecule has 0 bridgehead atoms. The lowest BCUT2D eigenvalue weighted by molar-refractivity contribution is -0.111. The lowest BCUT2D eigenvalue weighted by Crippen LogP contribution is -2.46. The fourth-order valence-electron chi connectivity index (χ4n) is 3.54. The van der Waals surface area contributed by atoms with Gasteiger partial charge in [0.25, 0.3) is 0 Å². The molecule has 1 saturated heterocycles. The summed E-state index contributed by atoms with van der Waals surface area (Å²) < 4.78 is 0. The van der Waals surface area contributed by atoms with Crippen molar-refractivity contribution < 1.29 is 4.79 Å².